The van der Waals surface area contributed by atoms with Crippen LogP contribution in [0.1, 0.15) is 18.1 Å². The summed E-state index contributed by atoms with van der Waals surface area (Å²) < 4.78 is 17.1. The van der Waals surface area contributed by atoms with E-state index in [1.54, 1.807) is 14.2 Å². The molecule has 0 heterocycles. The second kappa shape index (κ2) is 8.95. The van der Waals surface area contributed by atoms with Gasteiger partial charge in [0.1, 0.15) is 12.4 Å². The van der Waals surface area contributed by atoms with Crippen molar-refractivity contribution < 1.29 is 14.2 Å². The number of ether oxygens (including phenoxy) is 3. The summed E-state index contributed by atoms with van der Waals surface area (Å²) in [6, 6.07) is 22.1. The molecule has 0 fully saturated rings. The Balaban J connectivity index is 2.02. The minimum absolute atomic E-state index is 0.488. The Morgan fingerprint density at radius 3 is 2.19 bits per heavy atom. The highest BCUT2D eigenvalue weighted by molar-refractivity contribution is 5.83. The van der Waals surface area contributed by atoms with Crippen LogP contribution in [0.3, 0.4) is 0 Å². The summed E-state index contributed by atoms with van der Waals surface area (Å²) in [5.41, 5.74) is 4.24. The molecule has 0 radical (unpaired) electrons. The second-order valence-corrected chi connectivity index (χ2v) is 6.06. The van der Waals surface area contributed by atoms with Gasteiger partial charge in [-0.25, -0.2) is 0 Å². The van der Waals surface area contributed by atoms with Crippen LogP contribution in [0.4, 0.5) is 0 Å². The van der Waals surface area contributed by atoms with Crippen molar-refractivity contribution in [3.05, 3.63) is 83.9 Å². The fourth-order valence-electron chi connectivity index (χ4n) is 3.00. The zero-order chi connectivity index (χ0) is 19.1. The van der Waals surface area contributed by atoms with Gasteiger partial charge >= 0.3 is 0 Å². The van der Waals surface area contributed by atoms with Crippen molar-refractivity contribution in [2.24, 2.45) is 0 Å². The standard InChI is InChI=1S/C24H24O3/c1-4-8-19-13-16-22(27-17-18-9-6-5-7-10-18)24(26-3)23(19)20-11-14-21(25-2)15-12-20/h4-16H,17H2,1-3H3. The van der Waals surface area contributed by atoms with E-state index < -0.39 is 0 Å². The molecule has 0 aliphatic heterocycles. The molecule has 27 heavy (non-hydrogen) atoms. The van der Waals surface area contributed by atoms with E-state index in [-0.39, 0.29) is 0 Å². The molecule has 0 aliphatic carbocycles. The van der Waals surface area contributed by atoms with Gasteiger partial charge in [0.15, 0.2) is 11.5 Å². The number of rotatable bonds is 7. The molecule has 0 aliphatic rings. The molecule has 0 saturated carbocycles. The Kier molecular flexibility index (Phi) is 6.16. The molecule has 0 amide bonds. The summed E-state index contributed by atoms with van der Waals surface area (Å²) in [7, 11) is 3.34. The SMILES string of the molecule is CC=Cc1ccc(OCc2ccccc2)c(OC)c1-c1ccc(OC)cc1. The lowest BCUT2D eigenvalue weighted by Crippen LogP contribution is -2.00. The van der Waals surface area contributed by atoms with Crippen molar-refractivity contribution in [2.45, 2.75) is 13.5 Å². The Bertz CT molecular complexity index is 897. The van der Waals surface area contributed by atoms with Crippen molar-refractivity contribution in [3.8, 4) is 28.4 Å². The highest BCUT2D eigenvalue weighted by atomic mass is 16.5. The average Bonchev–Trinajstić information content (AvgIpc) is 2.73. The van der Waals surface area contributed by atoms with Crippen LogP contribution < -0.4 is 14.2 Å². The predicted octanol–water partition coefficient (Wildman–Crippen LogP) is 5.98. The van der Waals surface area contributed by atoms with Crippen LogP contribution in [-0.2, 0) is 6.61 Å². The van der Waals surface area contributed by atoms with Crippen LogP contribution in [0.15, 0.2) is 72.8 Å². The first kappa shape index (κ1) is 18.6. The van der Waals surface area contributed by atoms with Crippen molar-refractivity contribution in [1.82, 2.24) is 0 Å². The fraction of sp³-hybridized carbons (Fsp3) is 0.167. The third-order valence-corrected chi connectivity index (χ3v) is 4.32. The van der Waals surface area contributed by atoms with Crippen LogP contribution in [0, 0.1) is 0 Å². The number of hydrogen-bond acceptors (Lipinski definition) is 3. The lowest BCUT2D eigenvalue weighted by Gasteiger charge is -2.17. The Morgan fingerprint density at radius 1 is 0.815 bits per heavy atom. The van der Waals surface area contributed by atoms with Crippen molar-refractivity contribution in [2.75, 3.05) is 14.2 Å². The number of benzene rings is 3. The monoisotopic (exact) mass is 360 g/mol. The Morgan fingerprint density at radius 2 is 1.56 bits per heavy atom. The molecular formula is C24H24O3. The van der Waals surface area contributed by atoms with Crippen molar-refractivity contribution in [1.29, 1.82) is 0 Å². The molecule has 0 saturated heterocycles. The summed E-state index contributed by atoms with van der Waals surface area (Å²) in [4.78, 5) is 0. The van der Waals surface area contributed by atoms with Gasteiger partial charge in [-0.3, -0.25) is 0 Å². The lowest BCUT2D eigenvalue weighted by atomic mass is 9.97. The van der Waals surface area contributed by atoms with Crippen molar-refractivity contribution in [3.63, 3.8) is 0 Å². The molecule has 0 bridgehead atoms. The highest BCUT2D eigenvalue weighted by Gasteiger charge is 2.16. The molecule has 3 aromatic rings. The maximum absolute atomic E-state index is 6.08. The normalized spacial score (nSPS) is 10.8. The topological polar surface area (TPSA) is 27.7 Å². The first-order valence-corrected chi connectivity index (χ1v) is 8.91. The van der Waals surface area contributed by atoms with E-state index in [4.69, 9.17) is 14.2 Å². The van der Waals surface area contributed by atoms with Crippen LogP contribution >= 0.6 is 0 Å². The molecule has 0 N–H and O–H groups in total. The lowest BCUT2D eigenvalue weighted by molar-refractivity contribution is 0.285. The zero-order valence-electron chi connectivity index (χ0n) is 15.9. The van der Waals surface area contributed by atoms with E-state index in [0.717, 1.165) is 39.5 Å². The van der Waals surface area contributed by atoms with E-state index in [0.29, 0.717) is 6.61 Å². The highest BCUT2D eigenvalue weighted by Crippen LogP contribution is 2.42. The summed E-state index contributed by atoms with van der Waals surface area (Å²) in [5, 5.41) is 0. The number of methoxy groups -OCH3 is 2. The molecule has 3 aromatic carbocycles. The Hall–Kier alpha value is -3.20. The van der Waals surface area contributed by atoms with E-state index in [2.05, 4.69) is 12.1 Å². The van der Waals surface area contributed by atoms with Crippen LogP contribution in [-0.4, -0.2) is 14.2 Å². The van der Waals surface area contributed by atoms with Gasteiger partial charge in [-0.05, 0) is 41.8 Å². The smallest absolute Gasteiger partial charge is 0.169 e. The quantitative estimate of drug-likeness (QED) is 0.518. The summed E-state index contributed by atoms with van der Waals surface area (Å²) in [6.07, 6.45) is 4.09. The molecule has 138 valence electrons. The number of allylic oxidation sites excluding steroid dienone is 1. The van der Waals surface area contributed by atoms with Gasteiger partial charge in [0, 0.05) is 5.56 Å². The molecule has 3 heteroatoms. The predicted molar refractivity (Wildman–Crippen MR) is 110 cm³/mol. The van der Waals surface area contributed by atoms with E-state index in [1.807, 2.05) is 73.7 Å². The van der Waals surface area contributed by atoms with E-state index >= 15 is 0 Å². The molecule has 0 spiro atoms. The minimum atomic E-state index is 0.488. The van der Waals surface area contributed by atoms with Crippen LogP contribution in [0.5, 0.6) is 17.2 Å². The van der Waals surface area contributed by atoms with Crippen molar-refractivity contribution >= 4 is 6.08 Å². The Labute approximate surface area is 160 Å². The van der Waals surface area contributed by atoms with Crippen LogP contribution in [0.25, 0.3) is 17.2 Å². The summed E-state index contributed by atoms with van der Waals surface area (Å²) in [5.74, 6) is 2.27. The minimum Gasteiger partial charge on any atom is -0.497 e. The molecule has 3 rings (SSSR count). The average molecular weight is 360 g/mol. The maximum Gasteiger partial charge on any atom is 0.169 e. The summed E-state index contributed by atoms with van der Waals surface area (Å²) >= 11 is 0. The van der Waals surface area contributed by atoms with Crippen LogP contribution in [0.2, 0.25) is 0 Å². The third-order valence-electron chi connectivity index (χ3n) is 4.32. The van der Waals surface area contributed by atoms with Gasteiger partial charge < -0.3 is 14.2 Å². The van der Waals surface area contributed by atoms with Gasteiger partial charge in [-0.1, -0.05) is 60.7 Å². The molecular weight excluding hydrogens is 336 g/mol. The third kappa shape index (κ3) is 4.32. The van der Waals surface area contributed by atoms with Gasteiger partial charge in [-0.15, -0.1) is 0 Å². The van der Waals surface area contributed by atoms with Gasteiger partial charge in [0.2, 0.25) is 0 Å². The zero-order valence-corrected chi connectivity index (χ0v) is 15.9. The first-order valence-electron chi connectivity index (χ1n) is 8.91. The molecule has 0 aromatic heterocycles. The molecule has 0 atom stereocenters. The van der Waals surface area contributed by atoms with Gasteiger partial charge in [0.25, 0.3) is 0 Å². The number of hydrogen-bond donors (Lipinski definition) is 0. The largest absolute Gasteiger partial charge is 0.497 e. The molecule has 3 nitrogen and oxygen atoms in total. The second-order valence-electron chi connectivity index (χ2n) is 6.06. The molecule has 0 unspecified atom stereocenters. The fourth-order valence-corrected chi connectivity index (χ4v) is 3.00. The first-order chi connectivity index (χ1) is 13.3. The van der Waals surface area contributed by atoms with E-state index in [9.17, 15) is 0 Å². The summed E-state index contributed by atoms with van der Waals surface area (Å²) in [6.45, 7) is 2.49. The van der Waals surface area contributed by atoms with E-state index in [1.165, 1.54) is 0 Å². The van der Waals surface area contributed by atoms with Gasteiger partial charge in [0.05, 0.1) is 14.2 Å². The maximum atomic E-state index is 6.08. The van der Waals surface area contributed by atoms with Gasteiger partial charge in [-0.2, -0.15) is 0 Å².